The number of benzene rings is 2. The number of anilines is 2. The molecule has 0 spiro atoms. The smallest absolute Gasteiger partial charge is 0.338 e. The van der Waals surface area contributed by atoms with Gasteiger partial charge in [-0.15, -0.1) is 0 Å². The first-order valence-corrected chi connectivity index (χ1v) is 8.78. The van der Waals surface area contributed by atoms with Crippen LogP contribution in [0.15, 0.2) is 40.8 Å². The molecule has 8 heteroatoms. The maximum atomic E-state index is 11.9. The number of fused-ring (bicyclic) bond motifs is 2. The van der Waals surface area contributed by atoms with Crippen LogP contribution >= 0.6 is 0 Å². The van der Waals surface area contributed by atoms with E-state index in [4.69, 9.17) is 9.15 Å². The molecule has 0 aliphatic rings. The zero-order valence-corrected chi connectivity index (χ0v) is 15.6. The molecule has 4 aromatic rings. The van der Waals surface area contributed by atoms with E-state index < -0.39 is 0 Å². The van der Waals surface area contributed by atoms with Crippen LogP contribution in [0.4, 0.5) is 12.0 Å². The predicted molar refractivity (Wildman–Crippen MR) is 104 cm³/mol. The van der Waals surface area contributed by atoms with E-state index >= 15 is 0 Å². The number of rotatable bonds is 5. The van der Waals surface area contributed by atoms with Crippen LogP contribution in [-0.2, 0) is 11.8 Å². The largest absolute Gasteiger partial charge is 0.462 e. The molecule has 2 heterocycles. The fraction of sp³-hybridized carbons (Fsp3) is 0.200. The summed E-state index contributed by atoms with van der Waals surface area (Å²) in [7, 11) is 1.85. The van der Waals surface area contributed by atoms with Gasteiger partial charge in [0.25, 0.3) is 0 Å². The summed E-state index contributed by atoms with van der Waals surface area (Å²) in [5.41, 5.74) is 3.63. The van der Waals surface area contributed by atoms with Crippen LogP contribution in [0.1, 0.15) is 34.6 Å². The number of aryl methyl sites for hydroxylation is 1. The van der Waals surface area contributed by atoms with E-state index in [-0.39, 0.29) is 17.8 Å². The Bertz CT molecular complexity index is 1220. The molecule has 0 unspecified atom stereocenters. The van der Waals surface area contributed by atoms with Crippen molar-refractivity contribution in [3.8, 4) is 0 Å². The minimum atomic E-state index is -0.384. The fourth-order valence-corrected chi connectivity index (χ4v) is 2.95. The number of hydrogen-bond donors (Lipinski definition) is 1. The lowest BCUT2D eigenvalue weighted by atomic mass is 10.1. The van der Waals surface area contributed by atoms with Gasteiger partial charge in [0.15, 0.2) is 11.4 Å². The van der Waals surface area contributed by atoms with Gasteiger partial charge in [-0.25, -0.2) is 9.78 Å². The predicted octanol–water partition coefficient (Wildman–Crippen LogP) is 3.84. The van der Waals surface area contributed by atoms with Gasteiger partial charge in [-0.1, -0.05) is 0 Å². The molecule has 0 saturated carbocycles. The highest BCUT2D eigenvalue weighted by Crippen LogP contribution is 2.25. The van der Waals surface area contributed by atoms with Crippen LogP contribution in [0.3, 0.4) is 0 Å². The highest BCUT2D eigenvalue weighted by Gasteiger charge is 2.15. The number of ketones is 1. The Morgan fingerprint density at radius 1 is 1.11 bits per heavy atom. The number of nitrogens with zero attached hydrogens (tertiary/aromatic N) is 3. The van der Waals surface area contributed by atoms with E-state index in [9.17, 15) is 9.59 Å². The second-order valence-electron chi connectivity index (χ2n) is 6.30. The van der Waals surface area contributed by atoms with Crippen LogP contribution in [-0.4, -0.2) is 32.9 Å². The van der Waals surface area contributed by atoms with Gasteiger partial charge in [-0.05, 0) is 50.2 Å². The Labute approximate surface area is 160 Å². The molecule has 28 heavy (non-hydrogen) atoms. The van der Waals surface area contributed by atoms with Gasteiger partial charge in [0.1, 0.15) is 5.52 Å². The third-order valence-electron chi connectivity index (χ3n) is 4.41. The molecule has 0 aliphatic heterocycles. The Morgan fingerprint density at radius 3 is 2.64 bits per heavy atom. The minimum Gasteiger partial charge on any atom is -0.462 e. The second-order valence-corrected chi connectivity index (χ2v) is 6.30. The van der Waals surface area contributed by atoms with Crippen molar-refractivity contribution in [2.75, 3.05) is 11.9 Å². The van der Waals surface area contributed by atoms with Crippen LogP contribution in [0.25, 0.3) is 22.1 Å². The van der Waals surface area contributed by atoms with Crippen molar-refractivity contribution in [3.63, 3.8) is 0 Å². The zero-order valence-electron chi connectivity index (χ0n) is 15.6. The first-order chi connectivity index (χ1) is 13.5. The molecule has 2 aromatic carbocycles. The molecule has 0 bridgehead atoms. The summed E-state index contributed by atoms with van der Waals surface area (Å²) in [6, 6.07) is 10.6. The summed E-state index contributed by atoms with van der Waals surface area (Å²) in [5.74, 6) is 0.0831. The zero-order chi connectivity index (χ0) is 19.8. The topological polar surface area (TPSA) is 99.2 Å². The maximum Gasteiger partial charge on any atom is 0.338 e. The van der Waals surface area contributed by atoms with Gasteiger partial charge in [0.05, 0.1) is 23.2 Å². The van der Waals surface area contributed by atoms with Crippen molar-refractivity contribution < 1.29 is 18.7 Å². The summed E-state index contributed by atoms with van der Waals surface area (Å²) in [5, 5.41) is 3.05. The molecular formula is C20H18N4O4. The number of nitrogens with one attached hydrogen (secondary N) is 1. The number of hydrogen-bond acceptors (Lipinski definition) is 7. The Kier molecular flexibility index (Phi) is 4.31. The number of oxazole rings is 1. The van der Waals surface area contributed by atoms with Gasteiger partial charge >= 0.3 is 12.0 Å². The SMILES string of the molecule is CCOC(=O)c1ccc2c(c1)nc(Nc1nc3ccc(C(C)=O)cc3o1)n2C. The van der Waals surface area contributed by atoms with Crippen molar-refractivity contribution in [2.45, 2.75) is 13.8 Å². The quantitative estimate of drug-likeness (QED) is 0.416. The normalized spacial score (nSPS) is 11.1. The summed E-state index contributed by atoms with van der Waals surface area (Å²) >= 11 is 0. The first kappa shape index (κ1) is 17.7. The van der Waals surface area contributed by atoms with Gasteiger partial charge in [-0.2, -0.15) is 4.98 Å². The first-order valence-electron chi connectivity index (χ1n) is 8.78. The summed E-state index contributed by atoms with van der Waals surface area (Å²) < 4.78 is 12.6. The van der Waals surface area contributed by atoms with Crippen LogP contribution in [0, 0.1) is 0 Å². The molecule has 0 fully saturated rings. The number of esters is 1. The van der Waals surface area contributed by atoms with E-state index in [2.05, 4.69) is 15.3 Å². The monoisotopic (exact) mass is 378 g/mol. The second kappa shape index (κ2) is 6.80. The lowest BCUT2D eigenvalue weighted by Gasteiger charge is -2.02. The lowest BCUT2D eigenvalue weighted by molar-refractivity contribution is 0.0526. The van der Waals surface area contributed by atoms with Crippen molar-refractivity contribution in [1.82, 2.24) is 14.5 Å². The molecule has 0 aliphatic carbocycles. The van der Waals surface area contributed by atoms with Crippen molar-refractivity contribution in [1.29, 1.82) is 0 Å². The van der Waals surface area contributed by atoms with E-state index in [0.717, 1.165) is 5.52 Å². The number of ether oxygens (including phenoxy) is 1. The molecule has 142 valence electrons. The van der Waals surface area contributed by atoms with E-state index in [1.165, 1.54) is 6.92 Å². The highest BCUT2D eigenvalue weighted by molar-refractivity contribution is 5.97. The standard InChI is InChI=1S/C20H18N4O4/c1-4-27-18(26)13-6-8-16-15(9-13)21-19(24(16)3)23-20-22-14-7-5-12(11(2)25)10-17(14)28-20/h5-10H,4H2,1-3H3,(H,21,22,23). The number of imidazole rings is 1. The molecular weight excluding hydrogens is 360 g/mol. The average molecular weight is 378 g/mol. The molecule has 4 rings (SSSR count). The van der Waals surface area contributed by atoms with E-state index in [1.54, 1.807) is 37.3 Å². The van der Waals surface area contributed by atoms with Gasteiger partial charge in [0.2, 0.25) is 5.95 Å². The number of carbonyl (C=O) groups is 2. The van der Waals surface area contributed by atoms with Crippen molar-refractivity contribution in [2.24, 2.45) is 7.05 Å². The van der Waals surface area contributed by atoms with E-state index in [1.807, 2.05) is 17.7 Å². The summed E-state index contributed by atoms with van der Waals surface area (Å²) in [4.78, 5) is 32.3. The Balaban J connectivity index is 1.67. The van der Waals surface area contributed by atoms with Crippen LogP contribution < -0.4 is 5.32 Å². The lowest BCUT2D eigenvalue weighted by Crippen LogP contribution is -2.04. The van der Waals surface area contributed by atoms with Crippen LogP contribution in [0.5, 0.6) is 0 Å². The summed E-state index contributed by atoms with van der Waals surface area (Å²) in [6.45, 7) is 3.58. The Hall–Kier alpha value is -3.68. The highest BCUT2D eigenvalue weighted by atomic mass is 16.5. The number of aromatic nitrogens is 3. The molecule has 0 amide bonds. The van der Waals surface area contributed by atoms with Crippen molar-refractivity contribution >= 4 is 45.8 Å². The number of carbonyl (C=O) groups excluding carboxylic acids is 2. The third kappa shape index (κ3) is 3.09. The van der Waals surface area contributed by atoms with Gasteiger partial charge < -0.3 is 13.7 Å². The fourth-order valence-electron chi connectivity index (χ4n) is 2.95. The molecule has 0 radical (unpaired) electrons. The Morgan fingerprint density at radius 2 is 1.89 bits per heavy atom. The molecule has 8 nitrogen and oxygen atoms in total. The molecule has 1 N–H and O–H groups in total. The molecule has 2 aromatic heterocycles. The average Bonchev–Trinajstić information content (AvgIpc) is 3.21. The van der Waals surface area contributed by atoms with Crippen LogP contribution in [0.2, 0.25) is 0 Å². The van der Waals surface area contributed by atoms with Gasteiger partial charge in [-0.3, -0.25) is 10.1 Å². The maximum absolute atomic E-state index is 11.9. The molecule has 0 saturated heterocycles. The molecule has 0 atom stereocenters. The third-order valence-corrected chi connectivity index (χ3v) is 4.41. The van der Waals surface area contributed by atoms with Crippen molar-refractivity contribution in [3.05, 3.63) is 47.5 Å². The van der Waals surface area contributed by atoms with Gasteiger partial charge in [0, 0.05) is 12.6 Å². The summed E-state index contributed by atoms with van der Waals surface area (Å²) in [6.07, 6.45) is 0. The number of Topliss-reactive ketones (excluding diaryl/α,β-unsaturated/α-hetero) is 1. The van der Waals surface area contributed by atoms with E-state index in [0.29, 0.717) is 40.3 Å². The minimum absolute atomic E-state index is 0.0411.